The van der Waals surface area contributed by atoms with Gasteiger partial charge in [-0.25, -0.2) is 0 Å². The molecule has 2 aromatic rings. The van der Waals surface area contributed by atoms with Gasteiger partial charge in [0.15, 0.2) is 12.0 Å². The molecule has 0 spiro atoms. The molecule has 26 heavy (non-hydrogen) atoms. The molecular formula is C16H10Cl2F3NO3S. The summed E-state index contributed by atoms with van der Waals surface area (Å²) in [4.78, 5) is 23.3. The monoisotopic (exact) mass is 423 g/mol. The third kappa shape index (κ3) is 4.78. The highest BCUT2D eigenvalue weighted by Gasteiger charge is 2.31. The molecule has 0 aliphatic heterocycles. The Morgan fingerprint density at radius 2 is 1.92 bits per heavy atom. The SMILES string of the molecule is CC(C(=O)Nc1cc(C(F)(F)F)ccc1Oc1ccsc1C=O)=C(Cl)Cl. The van der Waals surface area contributed by atoms with Gasteiger partial charge >= 0.3 is 6.18 Å². The number of halogens is 5. The van der Waals surface area contributed by atoms with Crippen molar-refractivity contribution in [1.29, 1.82) is 0 Å². The van der Waals surface area contributed by atoms with E-state index >= 15 is 0 Å². The lowest BCUT2D eigenvalue weighted by Crippen LogP contribution is -2.15. The maximum Gasteiger partial charge on any atom is 0.416 e. The van der Waals surface area contributed by atoms with Gasteiger partial charge in [0.2, 0.25) is 0 Å². The highest BCUT2D eigenvalue weighted by Crippen LogP contribution is 2.38. The highest BCUT2D eigenvalue weighted by molar-refractivity contribution is 7.12. The van der Waals surface area contributed by atoms with Crippen LogP contribution in [0.1, 0.15) is 22.2 Å². The van der Waals surface area contributed by atoms with Crippen LogP contribution in [0.3, 0.4) is 0 Å². The number of benzene rings is 1. The van der Waals surface area contributed by atoms with Crippen LogP contribution in [0, 0.1) is 0 Å². The van der Waals surface area contributed by atoms with Gasteiger partial charge in [-0.3, -0.25) is 9.59 Å². The van der Waals surface area contributed by atoms with Gasteiger partial charge in [-0.05, 0) is 36.6 Å². The average molecular weight is 424 g/mol. The molecule has 1 aromatic carbocycles. The third-order valence-electron chi connectivity index (χ3n) is 3.16. The number of anilines is 1. The fourth-order valence-corrected chi connectivity index (χ4v) is 2.58. The predicted octanol–water partition coefficient (Wildman–Crippen LogP) is 6.02. The molecule has 10 heteroatoms. The molecule has 1 heterocycles. The Balaban J connectivity index is 2.45. The number of aldehydes is 1. The topological polar surface area (TPSA) is 55.4 Å². The van der Waals surface area contributed by atoms with Gasteiger partial charge in [0.25, 0.3) is 5.91 Å². The zero-order chi connectivity index (χ0) is 19.5. The maximum absolute atomic E-state index is 13.0. The number of amides is 1. The molecule has 0 aliphatic rings. The lowest BCUT2D eigenvalue weighted by Gasteiger charge is -2.15. The van der Waals surface area contributed by atoms with Gasteiger partial charge in [0.1, 0.15) is 15.1 Å². The summed E-state index contributed by atoms with van der Waals surface area (Å²) in [5.41, 5.74) is -1.32. The van der Waals surface area contributed by atoms with Crippen LogP contribution in [0.2, 0.25) is 0 Å². The molecule has 0 aliphatic carbocycles. The number of carbonyl (C=O) groups is 2. The van der Waals surface area contributed by atoms with Crippen molar-refractivity contribution in [3.8, 4) is 11.5 Å². The van der Waals surface area contributed by atoms with Crippen molar-refractivity contribution in [3.63, 3.8) is 0 Å². The Kier molecular flexibility index (Phi) is 6.33. The normalized spacial score (nSPS) is 11.0. The molecule has 0 fully saturated rings. The third-order valence-corrected chi connectivity index (χ3v) is 4.55. The van der Waals surface area contributed by atoms with Crippen LogP contribution in [0.15, 0.2) is 39.7 Å². The second-order valence-corrected chi connectivity index (χ2v) is 6.81. The number of alkyl halides is 3. The molecule has 0 unspecified atom stereocenters. The van der Waals surface area contributed by atoms with Gasteiger partial charge < -0.3 is 10.1 Å². The van der Waals surface area contributed by atoms with Crippen LogP contribution >= 0.6 is 34.5 Å². The van der Waals surface area contributed by atoms with Crippen molar-refractivity contribution in [2.24, 2.45) is 0 Å². The molecular weight excluding hydrogens is 414 g/mol. The summed E-state index contributed by atoms with van der Waals surface area (Å²) in [6.45, 7) is 1.31. The van der Waals surface area contributed by atoms with E-state index in [1.54, 1.807) is 5.38 Å². The molecule has 2 rings (SSSR count). The van der Waals surface area contributed by atoms with E-state index in [1.807, 2.05) is 0 Å². The first-order valence-electron chi connectivity index (χ1n) is 6.88. The predicted molar refractivity (Wildman–Crippen MR) is 94.3 cm³/mol. The van der Waals surface area contributed by atoms with Crippen molar-refractivity contribution in [3.05, 3.63) is 50.2 Å². The van der Waals surface area contributed by atoms with Crippen LogP contribution in [0.25, 0.3) is 0 Å². The van der Waals surface area contributed by atoms with Gasteiger partial charge in [0.05, 0.1) is 11.3 Å². The smallest absolute Gasteiger partial charge is 0.416 e. The quantitative estimate of drug-likeness (QED) is 0.472. The van der Waals surface area contributed by atoms with Crippen LogP contribution < -0.4 is 10.1 Å². The zero-order valence-electron chi connectivity index (χ0n) is 13.0. The Hall–Kier alpha value is -2.03. The van der Waals surface area contributed by atoms with E-state index in [9.17, 15) is 22.8 Å². The second kappa shape index (κ2) is 8.11. The minimum absolute atomic E-state index is 0.0775. The van der Waals surface area contributed by atoms with E-state index in [0.717, 1.165) is 29.5 Å². The molecule has 0 saturated heterocycles. The second-order valence-electron chi connectivity index (χ2n) is 4.92. The Labute approximate surface area is 160 Å². The Morgan fingerprint density at radius 3 is 2.50 bits per heavy atom. The number of hydrogen-bond acceptors (Lipinski definition) is 4. The first-order chi connectivity index (χ1) is 12.1. The van der Waals surface area contributed by atoms with Crippen molar-refractivity contribution in [2.75, 3.05) is 5.32 Å². The van der Waals surface area contributed by atoms with Gasteiger partial charge in [-0.15, -0.1) is 11.3 Å². The molecule has 1 aromatic heterocycles. The highest BCUT2D eigenvalue weighted by atomic mass is 35.5. The van der Waals surface area contributed by atoms with E-state index in [1.165, 1.54) is 13.0 Å². The summed E-state index contributed by atoms with van der Waals surface area (Å²) in [6.07, 6.45) is -4.06. The number of nitrogens with one attached hydrogen (secondary N) is 1. The number of hydrogen-bond donors (Lipinski definition) is 1. The fourth-order valence-electron chi connectivity index (χ4n) is 1.79. The van der Waals surface area contributed by atoms with E-state index in [4.69, 9.17) is 27.9 Å². The molecule has 1 N–H and O–H groups in total. The van der Waals surface area contributed by atoms with Gasteiger partial charge in [0, 0.05) is 5.57 Å². The maximum atomic E-state index is 13.0. The molecule has 0 saturated carbocycles. The molecule has 0 atom stereocenters. The summed E-state index contributed by atoms with van der Waals surface area (Å²) >= 11 is 12.1. The zero-order valence-corrected chi connectivity index (χ0v) is 15.3. The Bertz CT molecular complexity index is 874. The van der Waals surface area contributed by atoms with Crippen molar-refractivity contribution in [2.45, 2.75) is 13.1 Å². The first-order valence-corrected chi connectivity index (χ1v) is 8.52. The lowest BCUT2D eigenvalue weighted by atomic mass is 10.1. The minimum atomic E-state index is -4.62. The first kappa shape index (κ1) is 20.3. The molecule has 138 valence electrons. The summed E-state index contributed by atoms with van der Waals surface area (Å²) in [5, 5.41) is 3.86. The largest absolute Gasteiger partial charge is 0.454 e. The lowest BCUT2D eigenvalue weighted by molar-refractivity contribution is -0.137. The fraction of sp³-hybridized carbons (Fsp3) is 0.125. The van der Waals surface area contributed by atoms with Crippen LogP contribution in [0.5, 0.6) is 11.5 Å². The molecule has 0 bridgehead atoms. The van der Waals surface area contributed by atoms with Crippen molar-refractivity contribution < 1.29 is 27.5 Å². The molecule has 0 radical (unpaired) electrons. The van der Waals surface area contributed by atoms with Crippen LogP contribution in [-0.2, 0) is 11.0 Å². The minimum Gasteiger partial charge on any atom is -0.454 e. The average Bonchev–Trinajstić information content (AvgIpc) is 3.01. The Morgan fingerprint density at radius 1 is 1.23 bits per heavy atom. The standard InChI is InChI=1S/C16H10Cl2F3NO3S/c1-8(14(17)18)15(24)22-10-6-9(16(19,20)21)2-3-11(10)25-12-4-5-26-13(12)7-23/h2-7H,1H3,(H,22,24). The summed E-state index contributed by atoms with van der Waals surface area (Å²) in [7, 11) is 0. The summed E-state index contributed by atoms with van der Waals surface area (Å²) < 4.78 is 44.1. The van der Waals surface area contributed by atoms with Gasteiger partial charge in [-0.2, -0.15) is 13.2 Å². The van der Waals surface area contributed by atoms with E-state index in [0.29, 0.717) is 6.29 Å². The van der Waals surface area contributed by atoms with Crippen LogP contribution in [-0.4, -0.2) is 12.2 Å². The van der Waals surface area contributed by atoms with Crippen molar-refractivity contribution >= 4 is 52.4 Å². The van der Waals surface area contributed by atoms with Crippen molar-refractivity contribution in [1.82, 2.24) is 0 Å². The number of carbonyl (C=O) groups excluding carboxylic acids is 2. The number of rotatable bonds is 5. The summed E-state index contributed by atoms with van der Waals surface area (Å²) in [6, 6.07) is 4.05. The van der Waals surface area contributed by atoms with E-state index in [-0.39, 0.29) is 32.1 Å². The number of thiophene rings is 1. The molecule has 1 amide bonds. The van der Waals surface area contributed by atoms with Crippen LogP contribution in [0.4, 0.5) is 18.9 Å². The van der Waals surface area contributed by atoms with E-state index in [2.05, 4.69) is 5.32 Å². The molecule has 4 nitrogen and oxygen atoms in total. The van der Waals surface area contributed by atoms with E-state index < -0.39 is 17.6 Å². The summed E-state index contributed by atoms with van der Waals surface area (Å²) in [5.74, 6) is -0.718. The van der Waals surface area contributed by atoms with Gasteiger partial charge in [-0.1, -0.05) is 23.2 Å². The number of ether oxygens (including phenoxy) is 1.